The van der Waals surface area contributed by atoms with Gasteiger partial charge in [0.05, 0.1) is 5.92 Å². The molecule has 3 aliphatic rings. The standard InChI is InChI=1S/C25H34N2O5/c1-26-24(30)22(28)20(15-17-11-5-6-12-17)23(29)27(26)21(16-18-9-3-2-4-10-18)25(31)32-19-13-7-8-14-19/h2-4,9-10,17,19-22,28H,5-8,11-16H2,1H3. The molecule has 7 heteroatoms. The van der Waals surface area contributed by atoms with Gasteiger partial charge in [-0.05, 0) is 43.6 Å². The number of rotatable bonds is 7. The highest BCUT2D eigenvalue weighted by Gasteiger charge is 2.49. The van der Waals surface area contributed by atoms with Gasteiger partial charge in [-0.15, -0.1) is 0 Å². The molecule has 3 unspecified atom stereocenters. The van der Waals surface area contributed by atoms with Gasteiger partial charge < -0.3 is 9.84 Å². The smallest absolute Gasteiger partial charge is 0.331 e. The van der Waals surface area contributed by atoms with Crippen molar-refractivity contribution < 1.29 is 24.2 Å². The van der Waals surface area contributed by atoms with Gasteiger partial charge in [0.1, 0.15) is 12.2 Å². The number of carbonyl (C=O) groups is 3. The van der Waals surface area contributed by atoms with Crippen molar-refractivity contribution in [2.24, 2.45) is 11.8 Å². The number of ether oxygens (including phenoxy) is 1. The molecule has 7 nitrogen and oxygen atoms in total. The molecule has 1 N–H and O–H groups in total. The van der Waals surface area contributed by atoms with Crippen LogP contribution in [-0.4, -0.2) is 58.2 Å². The summed E-state index contributed by atoms with van der Waals surface area (Å²) in [4.78, 5) is 39.9. The maximum absolute atomic E-state index is 13.6. The Labute approximate surface area is 189 Å². The number of carbonyl (C=O) groups excluding carboxylic acids is 3. The molecule has 2 amide bonds. The number of nitrogens with zero attached hydrogens (tertiary/aromatic N) is 2. The summed E-state index contributed by atoms with van der Waals surface area (Å²) in [5, 5.41) is 13.0. The van der Waals surface area contributed by atoms with Gasteiger partial charge in [0, 0.05) is 13.5 Å². The van der Waals surface area contributed by atoms with Crippen molar-refractivity contribution in [3.63, 3.8) is 0 Å². The summed E-state index contributed by atoms with van der Waals surface area (Å²) in [6.45, 7) is 0. The topological polar surface area (TPSA) is 87.2 Å². The highest BCUT2D eigenvalue weighted by atomic mass is 16.5. The lowest BCUT2D eigenvalue weighted by Gasteiger charge is -2.45. The van der Waals surface area contributed by atoms with E-state index in [0.29, 0.717) is 12.3 Å². The first kappa shape index (κ1) is 22.8. The lowest BCUT2D eigenvalue weighted by atomic mass is 9.86. The summed E-state index contributed by atoms with van der Waals surface area (Å²) < 4.78 is 5.79. The van der Waals surface area contributed by atoms with E-state index in [2.05, 4.69) is 0 Å². The van der Waals surface area contributed by atoms with Gasteiger partial charge in [0.15, 0.2) is 6.04 Å². The van der Waals surface area contributed by atoms with Gasteiger partial charge >= 0.3 is 5.97 Å². The van der Waals surface area contributed by atoms with Crippen LogP contribution in [0.5, 0.6) is 0 Å². The van der Waals surface area contributed by atoms with Crippen LogP contribution in [0.1, 0.15) is 63.4 Å². The Morgan fingerprint density at radius 1 is 1.03 bits per heavy atom. The van der Waals surface area contributed by atoms with E-state index < -0.39 is 29.9 Å². The Morgan fingerprint density at radius 3 is 2.31 bits per heavy atom. The van der Waals surface area contributed by atoms with E-state index in [-0.39, 0.29) is 18.4 Å². The lowest BCUT2D eigenvalue weighted by Crippen LogP contribution is -2.66. The fraction of sp³-hybridized carbons (Fsp3) is 0.640. The molecule has 1 saturated heterocycles. The second-order valence-electron chi connectivity index (χ2n) is 9.53. The molecule has 0 spiro atoms. The highest BCUT2D eigenvalue weighted by Crippen LogP contribution is 2.35. The largest absolute Gasteiger partial charge is 0.461 e. The van der Waals surface area contributed by atoms with E-state index in [9.17, 15) is 19.5 Å². The minimum absolute atomic E-state index is 0.137. The van der Waals surface area contributed by atoms with Gasteiger partial charge in [0.25, 0.3) is 5.91 Å². The number of likely N-dealkylation sites (N-methyl/N-ethyl adjacent to an activating group) is 1. The molecule has 1 aromatic rings. The molecule has 2 saturated carbocycles. The molecule has 2 aliphatic carbocycles. The third kappa shape index (κ3) is 4.82. The van der Waals surface area contributed by atoms with Crippen molar-refractivity contribution >= 4 is 17.8 Å². The predicted molar refractivity (Wildman–Crippen MR) is 118 cm³/mol. The van der Waals surface area contributed by atoms with Crippen LogP contribution < -0.4 is 0 Å². The SMILES string of the molecule is CN1C(=O)C(O)C(CC2CCCC2)C(=O)N1C(Cc1ccccc1)C(=O)OC1CCCC1. The number of hydrogen-bond donors (Lipinski definition) is 1. The van der Waals surface area contributed by atoms with Crippen LogP contribution in [0, 0.1) is 11.8 Å². The summed E-state index contributed by atoms with van der Waals surface area (Å²) in [5.41, 5.74) is 0.882. The predicted octanol–water partition coefficient (Wildman–Crippen LogP) is 2.86. The third-order valence-corrected chi connectivity index (χ3v) is 7.31. The van der Waals surface area contributed by atoms with Gasteiger partial charge in [-0.25, -0.2) is 9.80 Å². The minimum atomic E-state index is -1.37. The first-order valence-electron chi connectivity index (χ1n) is 12.0. The summed E-state index contributed by atoms with van der Waals surface area (Å²) in [7, 11) is 1.45. The number of benzene rings is 1. The molecule has 0 bridgehead atoms. The van der Waals surface area contributed by atoms with Crippen molar-refractivity contribution in [2.75, 3.05) is 7.05 Å². The van der Waals surface area contributed by atoms with Gasteiger partial charge in [-0.3, -0.25) is 14.6 Å². The Kier molecular flexibility index (Phi) is 7.13. The van der Waals surface area contributed by atoms with Crippen LogP contribution in [0.3, 0.4) is 0 Å². The van der Waals surface area contributed by atoms with Crippen molar-refractivity contribution in [1.82, 2.24) is 10.0 Å². The number of amides is 2. The molecule has 4 rings (SSSR count). The zero-order valence-electron chi connectivity index (χ0n) is 18.8. The molecule has 1 aromatic carbocycles. The van der Waals surface area contributed by atoms with Crippen LogP contribution in [0.25, 0.3) is 0 Å². The highest BCUT2D eigenvalue weighted by molar-refractivity contribution is 5.96. The summed E-state index contributed by atoms with van der Waals surface area (Å²) >= 11 is 0. The average molecular weight is 443 g/mol. The van der Waals surface area contributed by atoms with Crippen LogP contribution in [0.4, 0.5) is 0 Å². The van der Waals surface area contributed by atoms with Crippen molar-refractivity contribution in [1.29, 1.82) is 0 Å². The zero-order valence-corrected chi connectivity index (χ0v) is 18.8. The van der Waals surface area contributed by atoms with E-state index in [1.54, 1.807) is 0 Å². The van der Waals surface area contributed by atoms with Crippen LogP contribution in [0.2, 0.25) is 0 Å². The Balaban J connectivity index is 1.60. The number of hydrogen-bond acceptors (Lipinski definition) is 5. The van der Waals surface area contributed by atoms with Crippen molar-refractivity contribution in [3.05, 3.63) is 35.9 Å². The second-order valence-corrected chi connectivity index (χ2v) is 9.53. The molecule has 3 fully saturated rings. The van der Waals surface area contributed by atoms with E-state index in [1.807, 2.05) is 30.3 Å². The Hall–Kier alpha value is -2.41. The quantitative estimate of drug-likeness (QED) is 0.656. The zero-order chi connectivity index (χ0) is 22.7. The minimum Gasteiger partial charge on any atom is -0.461 e. The fourth-order valence-corrected chi connectivity index (χ4v) is 5.48. The summed E-state index contributed by atoms with van der Waals surface area (Å²) in [6.07, 6.45) is 7.19. The number of aliphatic hydroxyl groups is 1. The molecule has 0 aromatic heterocycles. The van der Waals surface area contributed by atoms with E-state index in [1.165, 1.54) is 12.1 Å². The van der Waals surface area contributed by atoms with Gasteiger partial charge in [-0.1, -0.05) is 56.0 Å². The van der Waals surface area contributed by atoms with Crippen molar-refractivity contribution in [3.8, 4) is 0 Å². The average Bonchev–Trinajstić information content (AvgIpc) is 3.50. The van der Waals surface area contributed by atoms with Gasteiger partial charge in [-0.2, -0.15) is 0 Å². The molecule has 32 heavy (non-hydrogen) atoms. The summed E-state index contributed by atoms with van der Waals surface area (Å²) in [5.74, 6) is -1.88. The molecule has 1 heterocycles. The number of hydrazine groups is 1. The molecular formula is C25H34N2O5. The van der Waals surface area contributed by atoms with Crippen molar-refractivity contribution in [2.45, 2.75) is 82.5 Å². The summed E-state index contributed by atoms with van der Waals surface area (Å²) in [6, 6.07) is 8.51. The maximum atomic E-state index is 13.6. The first-order valence-corrected chi connectivity index (χ1v) is 12.0. The Bertz CT molecular complexity index is 817. The maximum Gasteiger partial charge on any atom is 0.331 e. The van der Waals surface area contributed by atoms with Crippen LogP contribution >= 0.6 is 0 Å². The number of esters is 1. The Morgan fingerprint density at radius 2 is 1.66 bits per heavy atom. The van der Waals surface area contributed by atoms with Crippen LogP contribution in [0.15, 0.2) is 30.3 Å². The number of aliphatic hydroxyl groups excluding tert-OH is 1. The lowest BCUT2D eigenvalue weighted by molar-refractivity contribution is -0.197. The molecule has 1 aliphatic heterocycles. The third-order valence-electron chi connectivity index (χ3n) is 7.31. The van der Waals surface area contributed by atoms with E-state index >= 15 is 0 Å². The van der Waals surface area contributed by atoms with Crippen LogP contribution in [-0.2, 0) is 25.5 Å². The molecule has 3 atom stereocenters. The second kappa shape index (κ2) is 10.0. The first-order chi connectivity index (χ1) is 15.5. The van der Waals surface area contributed by atoms with E-state index in [0.717, 1.165) is 61.9 Å². The normalized spacial score (nSPS) is 26.1. The molecule has 0 radical (unpaired) electrons. The van der Waals surface area contributed by atoms with E-state index in [4.69, 9.17) is 4.74 Å². The monoisotopic (exact) mass is 442 g/mol. The molecule has 174 valence electrons. The van der Waals surface area contributed by atoms with Gasteiger partial charge in [0.2, 0.25) is 5.91 Å². The fourth-order valence-electron chi connectivity index (χ4n) is 5.48. The molecular weight excluding hydrogens is 408 g/mol.